The van der Waals surface area contributed by atoms with Crippen LogP contribution in [0.5, 0.6) is 11.5 Å². The Morgan fingerprint density at radius 2 is 1.75 bits per heavy atom. The number of allylic oxidation sites excluding steroid dienone is 1. The zero-order valence-electron chi connectivity index (χ0n) is 21.6. The molecule has 3 N–H and O–H groups in total. The van der Waals surface area contributed by atoms with E-state index in [-0.39, 0.29) is 34.2 Å². The van der Waals surface area contributed by atoms with Crippen LogP contribution in [-0.4, -0.2) is 62.0 Å². The highest BCUT2D eigenvalue weighted by molar-refractivity contribution is 7.89. The monoisotopic (exact) mass is 579 g/mol. The van der Waals surface area contributed by atoms with Crippen molar-refractivity contribution in [3.05, 3.63) is 60.2 Å². The number of rotatable bonds is 8. The van der Waals surface area contributed by atoms with E-state index in [2.05, 4.69) is 25.7 Å². The Morgan fingerprint density at radius 3 is 2.33 bits per heavy atom. The summed E-state index contributed by atoms with van der Waals surface area (Å²) in [5.74, 6) is 0.0504. The number of nitrogens with one attached hydrogen (secondary N) is 3. The van der Waals surface area contributed by atoms with E-state index in [1.807, 2.05) is 4.72 Å². The summed E-state index contributed by atoms with van der Waals surface area (Å²) in [5.41, 5.74) is 3.41. The molecule has 1 aliphatic heterocycles. The van der Waals surface area contributed by atoms with Crippen LogP contribution in [0.4, 0.5) is 30.6 Å². The Balaban J connectivity index is 1.79. The number of pyridine rings is 1. The molecule has 0 aliphatic carbocycles. The number of carbonyl (C=O) groups is 1. The van der Waals surface area contributed by atoms with Crippen LogP contribution < -0.4 is 29.9 Å². The standard InChI is InChI=1S/C24H24F3N7O5S/c1-13-5-20(24(25,26)27)32-34(13)21-19(14-6-15(11-28-10-14)22(35)33-40(4,36)37)12-29-23(31-21)30-16-7-17(38-2)9-18(8-16)39-3/h5-12,20,32H,1-4H3,(H,33,35)(H,29,30,31). The molecule has 4 rings (SSSR count). The second kappa shape index (κ2) is 11.0. The molecule has 0 spiro atoms. The molecular weight excluding hydrogens is 555 g/mol. The molecule has 2 aromatic heterocycles. The van der Waals surface area contributed by atoms with E-state index in [9.17, 15) is 26.4 Å². The molecule has 1 amide bonds. The number of methoxy groups -OCH3 is 2. The first-order chi connectivity index (χ1) is 18.8. The lowest BCUT2D eigenvalue weighted by atomic mass is 10.1. The van der Waals surface area contributed by atoms with Crippen molar-refractivity contribution in [1.29, 1.82) is 0 Å². The number of benzene rings is 1. The van der Waals surface area contributed by atoms with E-state index in [1.54, 1.807) is 18.2 Å². The maximum absolute atomic E-state index is 13.5. The predicted molar refractivity (Wildman–Crippen MR) is 140 cm³/mol. The zero-order chi connectivity index (χ0) is 29.2. The van der Waals surface area contributed by atoms with Gasteiger partial charge in [-0.25, -0.2) is 23.5 Å². The predicted octanol–water partition coefficient (Wildman–Crippen LogP) is 3.15. The van der Waals surface area contributed by atoms with Gasteiger partial charge in [0.05, 0.1) is 26.0 Å². The number of hydrogen-bond acceptors (Lipinski definition) is 11. The van der Waals surface area contributed by atoms with Gasteiger partial charge in [-0.05, 0) is 19.1 Å². The summed E-state index contributed by atoms with van der Waals surface area (Å²) in [4.78, 5) is 25.2. The summed E-state index contributed by atoms with van der Waals surface area (Å²) < 4.78 is 76.0. The molecule has 40 heavy (non-hydrogen) atoms. The fraction of sp³-hybridized carbons (Fsp3) is 0.250. The van der Waals surface area contributed by atoms with Gasteiger partial charge in [-0.15, -0.1) is 0 Å². The minimum atomic E-state index is -4.58. The summed E-state index contributed by atoms with van der Waals surface area (Å²) in [5, 5.41) is 4.13. The number of alkyl halides is 3. The summed E-state index contributed by atoms with van der Waals surface area (Å²) in [6.07, 6.45) is 1.08. The Morgan fingerprint density at radius 1 is 1.07 bits per heavy atom. The third-order valence-corrected chi connectivity index (χ3v) is 6.12. The minimum absolute atomic E-state index is 0.00957. The molecule has 0 saturated heterocycles. The van der Waals surface area contributed by atoms with Crippen LogP contribution in [0.2, 0.25) is 0 Å². The molecule has 3 heterocycles. The van der Waals surface area contributed by atoms with E-state index < -0.39 is 28.1 Å². The summed E-state index contributed by atoms with van der Waals surface area (Å²) in [6.45, 7) is 1.47. The van der Waals surface area contributed by atoms with Gasteiger partial charge in [0, 0.05) is 59.3 Å². The van der Waals surface area contributed by atoms with Gasteiger partial charge >= 0.3 is 6.18 Å². The van der Waals surface area contributed by atoms with Crippen LogP contribution >= 0.6 is 0 Å². The summed E-state index contributed by atoms with van der Waals surface area (Å²) in [6, 6.07) is 4.30. The molecule has 1 aromatic carbocycles. The van der Waals surface area contributed by atoms with Crippen molar-refractivity contribution in [2.45, 2.75) is 19.1 Å². The van der Waals surface area contributed by atoms with E-state index in [4.69, 9.17) is 9.47 Å². The zero-order valence-corrected chi connectivity index (χ0v) is 22.4. The number of ether oxygens (including phenoxy) is 2. The van der Waals surface area contributed by atoms with Crippen molar-refractivity contribution in [3.63, 3.8) is 0 Å². The third kappa shape index (κ3) is 6.58. The highest BCUT2D eigenvalue weighted by Gasteiger charge is 2.43. The largest absolute Gasteiger partial charge is 0.497 e. The van der Waals surface area contributed by atoms with Gasteiger partial charge in [0.1, 0.15) is 17.5 Å². The van der Waals surface area contributed by atoms with Gasteiger partial charge in [0.15, 0.2) is 5.82 Å². The fourth-order valence-electron chi connectivity index (χ4n) is 3.74. The number of nitrogens with zero attached hydrogens (tertiary/aromatic N) is 4. The molecule has 3 aromatic rings. The van der Waals surface area contributed by atoms with Crippen molar-refractivity contribution < 1.29 is 35.9 Å². The number of amides is 1. The number of halogens is 3. The van der Waals surface area contributed by atoms with Gasteiger partial charge in [-0.2, -0.15) is 18.2 Å². The van der Waals surface area contributed by atoms with E-state index in [0.29, 0.717) is 17.2 Å². The van der Waals surface area contributed by atoms with Crippen molar-refractivity contribution >= 4 is 33.4 Å². The minimum Gasteiger partial charge on any atom is -0.497 e. The number of hydrazine groups is 1. The molecule has 12 nitrogen and oxygen atoms in total. The molecule has 0 bridgehead atoms. The maximum Gasteiger partial charge on any atom is 0.409 e. The van der Waals surface area contributed by atoms with Crippen molar-refractivity contribution in [2.75, 3.05) is 30.8 Å². The molecule has 0 saturated carbocycles. The molecular formula is C24H24F3N7O5S. The number of aromatic nitrogens is 3. The summed E-state index contributed by atoms with van der Waals surface area (Å²) >= 11 is 0. The van der Waals surface area contributed by atoms with Crippen LogP contribution in [0, 0.1) is 0 Å². The normalized spacial score (nSPS) is 15.4. The van der Waals surface area contributed by atoms with Gasteiger partial charge in [-0.1, -0.05) is 0 Å². The molecule has 0 fully saturated rings. The lowest BCUT2D eigenvalue weighted by Gasteiger charge is -2.25. The van der Waals surface area contributed by atoms with Crippen LogP contribution in [0.1, 0.15) is 17.3 Å². The Bertz CT molecular complexity index is 1560. The van der Waals surface area contributed by atoms with Gasteiger partial charge in [0.2, 0.25) is 16.0 Å². The van der Waals surface area contributed by atoms with Crippen LogP contribution in [0.3, 0.4) is 0 Å². The van der Waals surface area contributed by atoms with Crippen LogP contribution in [-0.2, 0) is 10.0 Å². The SMILES string of the molecule is COc1cc(Nc2ncc(-c3cncc(C(=O)NS(C)(=O)=O)c3)c(N3NC(C(F)(F)F)C=C3C)n2)cc(OC)c1. The third-order valence-electron chi connectivity index (χ3n) is 5.56. The van der Waals surface area contributed by atoms with Crippen molar-refractivity contribution in [2.24, 2.45) is 0 Å². The maximum atomic E-state index is 13.5. The van der Waals surface area contributed by atoms with Crippen molar-refractivity contribution in [1.82, 2.24) is 25.1 Å². The second-order valence-electron chi connectivity index (χ2n) is 8.61. The molecule has 1 aliphatic rings. The van der Waals surface area contributed by atoms with Crippen molar-refractivity contribution in [3.8, 4) is 22.6 Å². The van der Waals surface area contributed by atoms with E-state index in [1.165, 1.54) is 39.6 Å². The van der Waals surface area contributed by atoms with E-state index >= 15 is 0 Å². The number of anilines is 3. The quantitative estimate of drug-likeness (QED) is 0.362. The van der Waals surface area contributed by atoms with Gasteiger partial charge < -0.3 is 14.8 Å². The first-order valence-corrected chi connectivity index (χ1v) is 13.3. The Kier molecular flexibility index (Phi) is 7.84. The van der Waals surface area contributed by atoms with Gasteiger partial charge in [0.25, 0.3) is 5.91 Å². The second-order valence-corrected chi connectivity index (χ2v) is 10.4. The van der Waals surface area contributed by atoms with Gasteiger partial charge in [-0.3, -0.25) is 14.8 Å². The Hall–Kier alpha value is -4.44. The highest BCUT2D eigenvalue weighted by atomic mass is 32.2. The smallest absolute Gasteiger partial charge is 0.409 e. The number of carbonyl (C=O) groups excluding carboxylic acids is 1. The number of hydrogen-bond donors (Lipinski definition) is 3. The summed E-state index contributed by atoms with van der Waals surface area (Å²) in [7, 11) is -0.898. The highest BCUT2D eigenvalue weighted by Crippen LogP contribution is 2.36. The first kappa shape index (κ1) is 28.6. The molecule has 0 radical (unpaired) electrons. The average molecular weight is 580 g/mol. The molecule has 1 atom stereocenters. The van der Waals surface area contributed by atoms with Crippen LogP contribution in [0.25, 0.3) is 11.1 Å². The first-order valence-electron chi connectivity index (χ1n) is 11.4. The molecule has 212 valence electrons. The average Bonchev–Trinajstić information content (AvgIpc) is 3.29. The number of sulfonamides is 1. The fourth-order valence-corrected chi connectivity index (χ4v) is 4.20. The topological polar surface area (TPSA) is 148 Å². The molecule has 16 heteroatoms. The Labute approximate surface area is 227 Å². The van der Waals surface area contributed by atoms with E-state index in [0.717, 1.165) is 23.5 Å². The molecule has 1 unspecified atom stereocenters. The van der Waals surface area contributed by atoms with Crippen LogP contribution in [0.15, 0.2) is 54.6 Å². The lowest BCUT2D eigenvalue weighted by molar-refractivity contribution is -0.142. The lowest BCUT2D eigenvalue weighted by Crippen LogP contribution is -2.45.